The minimum absolute atomic E-state index is 0.0109. The largest absolute Gasteiger partial charge is 0.465 e. The summed E-state index contributed by atoms with van der Waals surface area (Å²) in [7, 11) is -3.44. The average Bonchev–Trinajstić information content (AvgIpc) is 2.16. The highest BCUT2D eigenvalue weighted by molar-refractivity contribution is 7.85. The summed E-state index contributed by atoms with van der Waals surface area (Å²) in [4.78, 5) is 11.9. The van der Waals surface area contributed by atoms with Crippen LogP contribution in [0.15, 0.2) is 0 Å². The lowest BCUT2D eigenvalue weighted by molar-refractivity contribution is -0.0298. The summed E-state index contributed by atoms with van der Waals surface area (Å²) >= 11 is 0. The van der Waals surface area contributed by atoms with Gasteiger partial charge in [0.1, 0.15) is 0 Å². The maximum atomic E-state index is 10.7. The van der Waals surface area contributed by atoms with E-state index in [4.69, 9.17) is 9.84 Å². The summed E-state index contributed by atoms with van der Waals surface area (Å²) in [5, 5.41) is 8.75. The van der Waals surface area contributed by atoms with E-state index in [9.17, 15) is 13.2 Å². The molecule has 1 rings (SSSR count). The van der Waals surface area contributed by atoms with Crippen molar-refractivity contribution in [2.24, 2.45) is 0 Å². The monoisotopic (exact) mass is 253 g/mol. The van der Waals surface area contributed by atoms with Gasteiger partial charge in [0, 0.05) is 13.0 Å². The first-order valence-electron chi connectivity index (χ1n) is 4.82. The molecule has 1 heterocycles. The van der Waals surface area contributed by atoms with Crippen LogP contribution in [0.4, 0.5) is 4.79 Å². The molecule has 1 fully saturated rings. The fourth-order valence-electron chi connectivity index (χ4n) is 1.40. The van der Waals surface area contributed by atoms with Gasteiger partial charge in [-0.05, 0) is 0 Å². The molecule has 1 N–H and O–H groups in total. The molecule has 1 atom stereocenters. The van der Waals surface area contributed by atoms with Crippen molar-refractivity contribution in [2.75, 3.05) is 32.6 Å². The Bertz CT molecular complexity index is 340. The Kier molecular flexibility index (Phi) is 4.51. The van der Waals surface area contributed by atoms with E-state index in [1.807, 2.05) is 0 Å². The minimum atomic E-state index is -3.44. The number of rotatable bonds is 4. The van der Waals surface area contributed by atoms with Gasteiger partial charge in [-0.15, -0.1) is 0 Å². The first kappa shape index (κ1) is 13.2. The lowest BCUT2D eigenvalue weighted by Crippen LogP contribution is -2.45. The van der Waals surface area contributed by atoms with E-state index in [1.165, 1.54) is 4.90 Å². The van der Waals surface area contributed by atoms with Gasteiger partial charge in [0.2, 0.25) is 0 Å². The van der Waals surface area contributed by atoms with Crippen molar-refractivity contribution in [1.82, 2.24) is 4.90 Å². The molecule has 0 aromatic heterocycles. The molecule has 0 aromatic carbocycles. The predicted molar refractivity (Wildman–Crippen MR) is 54.8 cm³/mol. The van der Waals surface area contributed by atoms with Crippen molar-refractivity contribution < 1.29 is 27.2 Å². The normalized spacial score (nSPS) is 22.1. The molecule has 1 aliphatic rings. The topological polar surface area (TPSA) is 93.1 Å². The zero-order chi connectivity index (χ0) is 12.2. The Labute approximate surface area is 94.1 Å². The molecule has 0 aromatic rings. The lowest BCUT2D eigenvalue weighted by atomic mass is 10.2. The summed E-state index contributed by atoms with van der Waals surface area (Å²) < 4.78 is 31.2. The molecule has 1 saturated heterocycles. The highest BCUT2D eigenvalue weighted by Crippen LogP contribution is 2.09. The van der Waals surface area contributed by atoms with Gasteiger partial charge in [-0.2, -0.15) is 8.42 Å². The van der Waals surface area contributed by atoms with Gasteiger partial charge in [-0.3, -0.25) is 4.18 Å². The summed E-state index contributed by atoms with van der Waals surface area (Å²) in [5.74, 6) is 0. The quantitative estimate of drug-likeness (QED) is 0.693. The van der Waals surface area contributed by atoms with Crippen LogP contribution < -0.4 is 0 Å². The standard InChI is InChI=1S/C8H15NO6S/c1-16(12,13)15-4-2-7-6-9(8(10)11)3-5-14-7/h7H,2-6H2,1H3,(H,10,11). The summed E-state index contributed by atoms with van der Waals surface area (Å²) in [5.41, 5.74) is 0. The van der Waals surface area contributed by atoms with Gasteiger partial charge in [0.25, 0.3) is 10.1 Å². The molecule has 8 heteroatoms. The third-order valence-corrected chi connectivity index (χ3v) is 2.74. The Hall–Kier alpha value is -0.860. The lowest BCUT2D eigenvalue weighted by Gasteiger charge is -2.30. The van der Waals surface area contributed by atoms with Crippen LogP contribution in [-0.2, 0) is 19.0 Å². The van der Waals surface area contributed by atoms with Gasteiger partial charge in [0.15, 0.2) is 0 Å². The fraction of sp³-hybridized carbons (Fsp3) is 0.875. The Balaban J connectivity index is 2.30. The molecule has 0 saturated carbocycles. The average molecular weight is 253 g/mol. The number of carbonyl (C=O) groups is 1. The van der Waals surface area contributed by atoms with E-state index in [-0.39, 0.29) is 19.3 Å². The third-order valence-electron chi connectivity index (χ3n) is 2.15. The zero-order valence-corrected chi connectivity index (χ0v) is 9.77. The zero-order valence-electron chi connectivity index (χ0n) is 8.96. The molecule has 0 spiro atoms. The molecule has 1 aliphatic heterocycles. The van der Waals surface area contributed by atoms with Gasteiger partial charge in [-0.25, -0.2) is 4.79 Å². The molecular weight excluding hydrogens is 238 g/mol. The van der Waals surface area contributed by atoms with Crippen LogP contribution in [-0.4, -0.2) is 63.2 Å². The van der Waals surface area contributed by atoms with E-state index in [0.29, 0.717) is 19.6 Å². The van der Waals surface area contributed by atoms with E-state index >= 15 is 0 Å². The van der Waals surface area contributed by atoms with Crippen LogP contribution >= 0.6 is 0 Å². The smallest absolute Gasteiger partial charge is 0.407 e. The van der Waals surface area contributed by atoms with Crippen molar-refractivity contribution in [1.29, 1.82) is 0 Å². The highest BCUT2D eigenvalue weighted by atomic mass is 32.2. The molecule has 7 nitrogen and oxygen atoms in total. The number of hydrogen-bond donors (Lipinski definition) is 1. The van der Waals surface area contributed by atoms with E-state index in [0.717, 1.165) is 6.26 Å². The van der Waals surface area contributed by atoms with E-state index in [1.54, 1.807) is 0 Å². The first-order chi connectivity index (χ1) is 7.38. The number of amides is 1. The SMILES string of the molecule is CS(=O)(=O)OCCC1CN(C(=O)O)CCO1. The van der Waals surface area contributed by atoms with Crippen LogP contribution in [0, 0.1) is 0 Å². The van der Waals surface area contributed by atoms with Crippen molar-refractivity contribution in [3.05, 3.63) is 0 Å². The molecular formula is C8H15NO6S. The summed E-state index contributed by atoms with van der Waals surface area (Å²) in [6.45, 7) is 0.939. The number of hydrogen-bond acceptors (Lipinski definition) is 5. The fourth-order valence-corrected chi connectivity index (χ4v) is 1.80. The van der Waals surface area contributed by atoms with E-state index in [2.05, 4.69) is 4.18 Å². The van der Waals surface area contributed by atoms with Gasteiger partial charge in [0.05, 0.1) is 32.1 Å². The molecule has 0 aliphatic carbocycles. The second kappa shape index (κ2) is 5.46. The van der Waals surface area contributed by atoms with Gasteiger partial charge < -0.3 is 14.7 Å². The Morgan fingerprint density at radius 3 is 2.88 bits per heavy atom. The van der Waals surface area contributed by atoms with Gasteiger partial charge >= 0.3 is 6.09 Å². The summed E-state index contributed by atoms with van der Waals surface area (Å²) in [6.07, 6.45) is 0.0405. The second-order valence-corrected chi connectivity index (χ2v) is 5.18. The maximum absolute atomic E-state index is 10.7. The van der Waals surface area contributed by atoms with Crippen LogP contribution in [0.25, 0.3) is 0 Å². The molecule has 1 amide bonds. The van der Waals surface area contributed by atoms with E-state index < -0.39 is 16.2 Å². The van der Waals surface area contributed by atoms with Crippen molar-refractivity contribution in [2.45, 2.75) is 12.5 Å². The number of morpholine rings is 1. The molecule has 16 heavy (non-hydrogen) atoms. The summed E-state index contributed by atoms with van der Waals surface area (Å²) in [6, 6.07) is 0. The number of ether oxygens (including phenoxy) is 1. The van der Waals surface area contributed by atoms with Crippen LogP contribution in [0.3, 0.4) is 0 Å². The second-order valence-electron chi connectivity index (χ2n) is 3.54. The van der Waals surface area contributed by atoms with Crippen molar-refractivity contribution in [3.8, 4) is 0 Å². The van der Waals surface area contributed by atoms with Gasteiger partial charge in [-0.1, -0.05) is 0 Å². The van der Waals surface area contributed by atoms with Crippen LogP contribution in [0.5, 0.6) is 0 Å². The predicted octanol–water partition coefficient (Wildman–Crippen LogP) is -0.269. The molecule has 1 unspecified atom stereocenters. The molecule has 0 radical (unpaired) electrons. The Morgan fingerprint density at radius 1 is 1.62 bits per heavy atom. The first-order valence-corrected chi connectivity index (χ1v) is 6.64. The van der Waals surface area contributed by atoms with Crippen molar-refractivity contribution >= 4 is 16.2 Å². The molecule has 94 valence electrons. The highest BCUT2D eigenvalue weighted by Gasteiger charge is 2.23. The Morgan fingerprint density at radius 2 is 2.31 bits per heavy atom. The third kappa shape index (κ3) is 4.77. The number of nitrogens with zero attached hydrogens (tertiary/aromatic N) is 1. The van der Waals surface area contributed by atoms with Crippen LogP contribution in [0.2, 0.25) is 0 Å². The molecule has 0 bridgehead atoms. The maximum Gasteiger partial charge on any atom is 0.407 e. The van der Waals surface area contributed by atoms with Crippen LogP contribution in [0.1, 0.15) is 6.42 Å². The van der Waals surface area contributed by atoms with Crippen molar-refractivity contribution in [3.63, 3.8) is 0 Å². The minimum Gasteiger partial charge on any atom is -0.465 e. The number of carboxylic acid groups (broad SMARTS) is 1.